The van der Waals surface area contributed by atoms with Gasteiger partial charge in [-0.1, -0.05) is 135 Å². The van der Waals surface area contributed by atoms with Gasteiger partial charge in [0, 0.05) is 61.3 Å². The van der Waals surface area contributed by atoms with Crippen LogP contribution in [-0.2, 0) is 23.9 Å². The molecule has 10 aliphatic carbocycles. The summed E-state index contributed by atoms with van der Waals surface area (Å²) in [6.07, 6.45) is 23.3. The predicted molar refractivity (Wildman–Crippen MR) is 312 cm³/mol. The van der Waals surface area contributed by atoms with Crippen LogP contribution in [-0.4, -0.2) is 65.5 Å². The van der Waals surface area contributed by atoms with E-state index in [0.717, 1.165) is 127 Å². The first-order valence-electron chi connectivity index (χ1n) is 32.0. The molecule has 434 valence electrons. The fourth-order valence-electron chi connectivity index (χ4n) is 21.1. The molecule has 6 saturated carbocycles. The molecule has 1 N–H and O–H groups in total. The van der Waals surface area contributed by atoms with Crippen LogP contribution in [0.4, 0.5) is 4.79 Å². The number of aliphatic hydroxyl groups excluding tert-OH is 1. The van der Waals surface area contributed by atoms with Gasteiger partial charge in [0.15, 0.2) is 23.1 Å². The van der Waals surface area contributed by atoms with Crippen molar-refractivity contribution in [2.24, 2.45) is 100 Å². The van der Waals surface area contributed by atoms with Gasteiger partial charge in [-0.3, -0.25) is 9.59 Å². The third-order valence-corrected chi connectivity index (χ3v) is 26.2. The van der Waals surface area contributed by atoms with E-state index in [9.17, 15) is 29.1 Å². The molecule has 11 rings (SSSR count). The van der Waals surface area contributed by atoms with Crippen molar-refractivity contribution in [2.75, 3.05) is 26.3 Å². The Morgan fingerprint density at radius 1 is 0.608 bits per heavy atom. The van der Waals surface area contributed by atoms with Crippen molar-refractivity contribution in [2.45, 2.75) is 214 Å². The largest absolute Gasteiger partial charge is 0.449 e. The topological polar surface area (TPSA) is 127 Å². The van der Waals surface area contributed by atoms with Gasteiger partial charge in [0.1, 0.15) is 0 Å². The zero-order chi connectivity index (χ0) is 60.3. The van der Waals surface area contributed by atoms with E-state index in [-0.39, 0.29) is 126 Å². The summed E-state index contributed by atoms with van der Waals surface area (Å²) in [6, 6.07) is 0. The second-order valence-electron chi connectivity index (χ2n) is 31.6. The maximum atomic E-state index is 14.6. The lowest BCUT2D eigenvalue weighted by Crippen LogP contribution is -2.65. The molecule has 14 atom stereocenters. The lowest BCUT2D eigenvalue weighted by Gasteiger charge is -2.69. The molecule has 10 nitrogen and oxygen atoms in total. The second kappa shape index (κ2) is 19.2. The van der Waals surface area contributed by atoms with Crippen LogP contribution in [0.2, 0.25) is 0 Å². The first kappa shape index (κ1) is 58.1. The molecule has 0 aromatic rings. The van der Waals surface area contributed by atoms with Gasteiger partial charge in [0.2, 0.25) is 11.4 Å². The summed E-state index contributed by atoms with van der Waals surface area (Å²) in [4.78, 5) is 77.5. The van der Waals surface area contributed by atoms with Crippen LogP contribution in [0.15, 0.2) is 46.8 Å². The van der Waals surface area contributed by atoms with Crippen LogP contribution in [0.25, 0.3) is 9.69 Å². The van der Waals surface area contributed by atoms with Crippen molar-refractivity contribution in [3.05, 3.63) is 69.7 Å². The number of likely N-dealkylation sites (tertiary alicyclic amines) is 1. The van der Waals surface area contributed by atoms with Gasteiger partial charge >= 0.3 is 6.09 Å². The molecule has 1 aliphatic heterocycles. The number of carbonyl (C=O) groups excluding carboxylic acids is 5. The van der Waals surface area contributed by atoms with Gasteiger partial charge in [0.05, 0.1) is 19.8 Å². The molecule has 0 aromatic heterocycles. The summed E-state index contributed by atoms with van der Waals surface area (Å²) in [5.74, 6) is 0.564. The summed E-state index contributed by atoms with van der Waals surface area (Å²) in [7, 11) is 2.50. The van der Waals surface area contributed by atoms with Crippen LogP contribution in [0.3, 0.4) is 0 Å². The number of ketones is 4. The zero-order valence-corrected chi connectivity index (χ0v) is 51.7. The van der Waals surface area contributed by atoms with Crippen molar-refractivity contribution in [3.63, 3.8) is 0 Å². The van der Waals surface area contributed by atoms with Crippen molar-refractivity contribution in [1.82, 2.24) is 4.90 Å². The van der Waals surface area contributed by atoms with E-state index in [2.05, 4.69) is 78.9 Å². The summed E-state index contributed by atoms with van der Waals surface area (Å²) in [6.45, 7) is 48.8. The number of rotatable bonds is 3. The summed E-state index contributed by atoms with van der Waals surface area (Å²) >= 11 is 0. The smallest absolute Gasteiger partial charge is 0.409 e. The number of hydrogen-bond donors (Lipinski definition) is 1. The molecular weight excluding hydrogens is 983 g/mol. The van der Waals surface area contributed by atoms with Crippen molar-refractivity contribution >= 4 is 29.2 Å². The minimum absolute atomic E-state index is 0.0524. The standard InChI is InChI=1S/C36H50N2O4.C31H43NO3.2CH4/c1-31(2)13-15-36(22-42-30(41)38-17-9-10-18-38)16-14-35(7)28(23(36)20-31)25(39)19-27-33(5)21-24(37-8)29(40)32(3,4)26(33)11-12-34(27,35)6;1-26(2)11-13-31(18-33)14-12-30(7)24(19(31)16-26)21(34)15-23-28(5)17-20(32-8)25(35)27(3,4)22(28)9-10-29(23,30)6;;/h19,21,23,26,28H,9-18,20,22H2,1-7H3;15,17,19,22,24,33H,9-14,16,18H2,1-7H3;2*1H4/t23-,26-,28-,33-,34+,35+,36+;19-,22-,24-,28-,29+,30+,31+;;/m00../s1/i;;2*1T. The van der Waals surface area contributed by atoms with E-state index in [1.54, 1.807) is 0 Å². The zero-order valence-electron chi connectivity index (χ0n) is 53.7. The molecule has 7 fully saturated rings. The molecule has 0 aromatic carbocycles. The maximum Gasteiger partial charge on any atom is 0.409 e. The average Bonchev–Trinajstić information content (AvgIpc) is 4.04. The van der Waals surface area contributed by atoms with Crippen molar-refractivity contribution < 1.29 is 36.6 Å². The summed E-state index contributed by atoms with van der Waals surface area (Å²) in [5, 5.41) is 10.6. The second-order valence-corrected chi connectivity index (χ2v) is 31.6. The Morgan fingerprint density at radius 3 is 1.39 bits per heavy atom. The fourth-order valence-corrected chi connectivity index (χ4v) is 21.1. The van der Waals surface area contributed by atoms with Gasteiger partial charge in [-0.2, -0.15) is 0 Å². The molecule has 0 bridgehead atoms. The number of nitrogens with zero attached hydrogens (tertiary/aromatic N) is 3. The van der Waals surface area contributed by atoms with E-state index in [1.165, 1.54) is 14.8 Å². The average molecular weight is 1090 g/mol. The first-order valence-corrected chi connectivity index (χ1v) is 30.0. The van der Waals surface area contributed by atoms with Crippen LogP contribution >= 0.6 is 0 Å². The first-order chi connectivity index (χ1) is 37.7. The normalized spacial score (nSPS) is 44.5. The predicted octanol–water partition coefficient (Wildman–Crippen LogP) is 15.6. The van der Waals surface area contributed by atoms with Crippen LogP contribution in [0.1, 0.15) is 217 Å². The lowest BCUT2D eigenvalue weighted by atomic mass is 9.34. The van der Waals surface area contributed by atoms with Crippen molar-refractivity contribution in [3.8, 4) is 0 Å². The van der Waals surface area contributed by atoms with Gasteiger partial charge in [-0.15, -0.1) is 0 Å². The monoisotopic (exact) mass is 1090 g/mol. The molecule has 0 radical (unpaired) electrons. The van der Waals surface area contributed by atoms with Gasteiger partial charge in [0.25, 0.3) is 0 Å². The van der Waals surface area contributed by atoms with Crippen LogP contribution in [0.5, 0.6) is 0 Å². The van der Waals surface area contributed by atoms with Gasteiger partial charge in [-0.05, 0) is 176 Å². The molecular formula is C69H101N3O7. The Bertz CT molecular complexity index is 2820. The number of ether oxygens (including phenoxy) is 1. The highest BCUT2D eigenvalue weighted by Crippen LogP contribution is 2.77. The third-order valence-electron chi connectivity index (χ3n) is 26.2. The molecule has 10 heteroatoms. The van der Waals surface area contributed by atoms with Crippen molar-refractivity contribution in [1.29, 1.82) is 0 Å². The summed E-state index contributed by atoms with van der Waals surface area (Å²) < 4.78 is 17.6. The summed E-state index contributed by atoms with van der Waals surface area (Å²) in [5.41, 5.74) is -0.399. The number of amides is 1. The molecule has 1 heterocycles. The Labute approximate surface area is 479 Å². The lowest BCUT2D eigenvalue weighted by molar-refractivity contribution is -0.178. The Kier molecular flexibility index (Phi) is 14.1. The van der Waals surface area contributed by atoms with Crippen LogP contribution in [0, 0.1) is 114 Å². The highest BCUT2D eigenvalue weighted by atomic mass is 16.6. The van der Waals surface area contributed by atoms with E-state index in [0.29, 0.717) is 6.61 Å². The van der Waals surface area contributed by atoms with E-state index < -0.39 is 21.7 Å². The van der Waals surface area contributed by atoms with E-state index in [1.807, 2.05) is 56.9 Å². The minimum atomic E-state index is -0.652. The molecule has 1 amide bonds. The highest BCUT2D eigenvalue weighted by molar-refractivity contribution is 6.04. The molecule has 11 aliphatic rings. The maximum absolute atomic E-state index is 14.6. The number of aliphatic hydroxyl groups is 1. The number of carbonyl (C=O) groups is 5. The molecule has 0 spiro atoms. The van der Waals surface area contributed by atoms with Gasteiger partial charge in [-0.25, -0.2) is 14.5 Å². The van der Waals surface area contributed by atoms with E-state index >= 15 is 0 Å². The molecule has 79 heavy (non-hydrogen) atoms. The number of hydrogen-bond acceptors (Lipinski definition) is 7. The third kappa shape index (κ3) is 8.34. The fraction of sp³-hybridized carbons (Fsp3) is 0.783. The number of Topliss-reactive ketones (excluding diaryl/α,β-unsaturated/α-hetero) is 2. The Balaban J connectivity index is 0.000000203. The number of fused-ring (bicyclic) bond motifs is 14. The van der Waals surface area contributed by atoms with Crippen LogP contribution < -0.4 is 0 Å². The highest BCUT2D eigenvalue weighted by Gasteiger charge is 2.72. The SMILES string of the molecule is [3H]C.[3H]C.[C-]#[N+]C1=C[C@]2(C)C3=CC(=O)[C@@H]4[C@@H]5CC(C)(C)CC[C@]5(CO)CC[C@@]4(C)[C@]3(C)CC[C@H]2C(C)(C)C1=O.[C-]#[N+]C1=C[C@]2(C)C3=CC(=O)[C@@H]4[C@@H]5CC(C)(C)CC[C@]5(COC(=O)N5CCCC5)CC[C@@]4(C)[C@]3(C)CC[C@H]2C(C)(C)C1=O. The van der Waals surface area contributed by atoms with Gasteiger partial charge < -0.3 is 24.3 Å². The quantitative estimate of drug-likeness (QED) is 0.279. The van der Waals surface area contributed by atoms with E-state index in [4.69, 9.17) is 20.6 Å². The molecule has 1 saturated heterocycles. The molecule has 0 unspecified atom stereocenters. The Morgan fingerprint density at radius 2 is 0.987 bits per heavy atom. The Hall–Kier alpha value is -4.15. The minimum Gasteiger partial charge on any atom is -0.449 e. The number of allylic oxidation sites excluding steroid dienone is 8.